The maximum Gasteiger partial charge on any atom is 0.263 e. The summed E-state index contributed by atoms with van der Waals surface area (Å²) in [5, 5.41) is 22.1. The SMILES string of the molecule is C=CCn1c(=O)c2ccccc2n2c(SCC(=O)Nc3nnc(C(CC)CC)s3)nnc12. The summed E-state index contributed by atoms with van der Waals surface area (Å²) in [5.41, 5.74) is 0.541. The van der Waals surface area contributed by atoms with Crippen LogP contribution in [-0.2, 0) is 11.3 Å². The van der Waals surface area contributed by atoms with Crippen molar-refractivity contribution in [3.63, 3.8) is 0 Å². The molecule has 0 saturated carbocycles. The van der Waals surface area contributed by atoms with Crippen molar-refractivity contribution >= 4 is 50.8 Å². The molecule has 0 aliphatic carbocycles. The number of carbonyl (C=O) groups excluding carboxylic acids is 1. The van der Waals surface area contributed by atoms with Crippen molar-refractivity contribution in [2.45, 2.75) is 44.3 Å². The Morgan fingerprint density at radius 2 is 2.00 bits per heavy atom. The molecule has 4 aromatic rings. The van der Waals surface area contributed by atoms with Crippen molar-refractivity contribution in [2.24, 2.45) is 0 Å². The van der Waals surface area contributed by atoms with E-state index in [1.54, 1.807) is 16.5 Å². The fourth-order valence-electron chi connectivity index (χ4n) is 3.49. The number of amides is 1. The fourth-order valence-corrected chi connectivity index (χ4v) is 5.26. The molecule has 1 aromatic carbocycles. The number of carbonyl (C=O) groups is 1. The van der Waals surface area contributed by atoms with E-state index in [-0.39, 0.29) is 17.2 Å². The second-order valence-corrected chi connectivity index (χ2v) is 9.09. The largest absolute Gasteiger partial charge is 0.300 e. The van der Waals surface area contributed by atoms with Crippen LogP contribution < -0.4 is 10.9 Å². The Balaban J connectivity index is 1.57. The lowest BCUT2D eigenvalue weighted by atomic mass is 10.1. The molecule has 11 heteroatoms. The molecule has 9 nitrogen and oxygen atoms in total. The first-order valence-corrected chi connectivity index (χ1v) is 12.1. The van der Waals surface area contributed by atoms with E-state index in [0.29, 0.717) is 39.4 Å². The summed E-state index contributed by atoms with van der Waals surface area (Å²) in [7, 11) is 0. The topological polar surface area (TPSA) is 107 Å². The third-order valence-electron chi connectivity index (χ3n) is 5.14. The van der Waals surface area contributed by atoms with Gasteiger partial charge in [-0.1, -0.05) is 55.2 Å². The first-order chi connectivity index (χ1) is 15.6. The molecular weight excluding hydrogens is 446 g/mol. The molecule has 3 aromatic heterocycles. The maximum atomic E-state index is 12.9. The molecule has 1 N–H and O–H groups in total. The lowest BCUT2D eigenvalue weighted by molar-refractivity contribution is -0.113. The van der Waals surface area contributed by atoms with Crippen molar-refractivity contribution in [2.75, 3.05) is 11.1 Å². The Bertz CT molecular complexity index is 1340. The van der Waals surface area contributed by atoms with Crippen LogP contribution in [0.2, 0.25) is 0 Å². The molecule has 32 heavy (non-hydrogen) atoms. The Morgan fingerprint density at radius 3 is 2.75 bits per heavy atom. The predicted octanol–water partition coefficient (Wildman–Crippen LogP) is 3.72. The number of thioether (sulfide) groups is 1. The van der Waals surface area contributed by atoms with Crippen LogP contribution in [-0.4, -0.2) is 41.0 Å². The summed E-state index contributed by atoms with van der Waals surface area (Å²) in [6, 6.07) is 7.28. The molecular formula is C21H23N7O2S2. The lowest BCUT2D eigenvalue weighted by Crippen LogP contribution is -2.22. The van der Waals surface area contributed by atoms with Crippen molar-refractivity contribution < 1.29 is 4.79 Å². The van der Waals surface area contributed by atoms with E-state index < -0.39 is 0 Å². The third-order valence-corrected chi connectivity index (χ3v) is 7.07. The van der Waals surface area contributed by atoms with Crippen molar-refractivity contribution in [3.05, 3.63) is 52.3 Å². The molecule has 3 heterocycles. The molecule has 0 aliphatic heterocycles. The van der Waals surface area contributed by atoms with Crippen molar-refractivity contribution in [3.8, 4) is 0 Å². The maximum absolute atomic E-state index is 12.9. The van der Waals surface area contributed by atoms with Gasteiger partial charge in [-0.05, 0) is 25.0 Å². The van der Waals surface area contributed by atoms with Gasteiger partial charge in [0.2, 0.25) is 16.8 Å². The number of hydrogen-bond donors (Lipinski definition) is 1. The summed E-state index contributed by atoms with van der Waals surface area (Å²) in [6.45, 7) is 8.27. The molecule has 1 amide bonds. The minimum Gasteiger partial charge on any atom is -0.300 e. The van der Waals surface area contributed by atoms with Crippen LogP contribution in [0.1, 0.15) is 37.6 Å². The summed E-state index contributed by atoms with van der Waals surface area (Å²) in [5.74, 6) is 0.685. The Hall–Kier alpha value is -3.05. The van der Waals surface area contributed by atoms with Crippen molar-refractivity contribution in [1.82, 2.24) is 29.4 Å². The lowest BCUT2D eigenvalue weighted by Gasteiger charge is -2.09. The normalized spacial score (nSPS) is 11.5. The predicted molar refractivity (Wildman–Crippen MR) is 128 cm³/mol. The fraction of sp³-hybridized carbons (Fsp3) is 0.333. The van der Waals surface area contributed by atoms with Gasteiger partial charge in [0.05, 0.1) is 16.7 Å². The monoisotopic (exact) mass is 469 g/mol. The minimum absolute atomic E-state index is 0.121. The highest BCUT2D eigenvalue weighted by atomic mass is 32.2. The van der Waals surface area contributed by atoms with E-state index in [1.165, 1.54) is 27.7 Å². The highest BCUT2D eigenvalue weighted by molar-refractivity contribution is 7.99. The Kier molecular flexibility index (Phi) is 6.66. The van der Waals surface area contributed by atoms with E-state index in [2.05, 4.69) is 46.1 Å². The number of benzene rings is 1. The van der Waals surface area contributed by atoms with Gasteiger partial charge in [0.25, 0.3) is 5.56 Å². The van der Waals surface area contributed by atoms with Gasteiger partial charge in [-0.2, -0.15) is 0 Å². The first kappa shape index (κ1) is 22.2. The Labute approximate surface area is 192 Å². The summed E-state index contributed by atoms with van der Waals surface area (Å²) < 4.78 is 3.32. The first-order valence-electron chi connectivity index (χ1n) is 10.3. The zero-order valence-electron chi connectivity index (χ0n) is 17.8. The highest BCUT2D eigenvalue weighted by Gasteiger charge is 2.18. The summed E-state index contributed by atoms with van der Waals surface area (Å²) in [4.78, 5) is 25.4. The van der Waals surface area contributed by atoms with Gasteiger partial charge in [-0.3, -0.25) is 23.9 Å². The standard InChI is InChI=1S/C21H23N7O2S2/c1-4-11-27-18(30)14-9-7-8-10-15(14)28-20(27)25-26-21(28)31-12-16(29)22-19-24-23-17(32-19)13(5-2)6-3/h4,7-10,13H,1,5-6,11-12H2,2-3H3,(H,22,24,29). The molecule has 0 bridgehead atoms. The van der Waals surface area contributed by atoms with Crippen LogP contribution >= 0.6 is 23.1 Å². The van der Waals surface area contributed by atoms with Crippen molar-refractivity contribution in [1.29, 1.82) is 0 Å². The number of para-hydroxylation sites is 1. The number of hydrogen-bond acceptors (Lipinski definition) is 8. The quantitative estimate of drug-likeness (QED) is 0.294. The molecule has 0 radical (unpaired) electrons. The van der Waals surface area contributed by atoms with Crippen LogP contribution in [0.25, 0.3) is 16.7 Å². The number of anilines is 1. The van der Waals surface area contributed by atoms with E-state index in [9.17, 15) is 9.59 Å². The highest BCUT2D eigenvalue weighted by Crippen LogP contribution is 2.28. The second kappa shape index (κ2) is 9.61. The average molecular weight is 470 g/mol. The van der Waals surface area contributed by atoms with Crippen LogP contribution in [0.4, 0.5) is 5.13 Å². The molecule has 0 atom stereocenters. The smallest absolute Gasteiger partial charge is 0.263 e. The van der Waals surface area contributed by atoms with Gasteiger partial charge in [0.1, 0.15) is 5.01 Å². The average Bonchev–Trinajstić information content (AvgIpc) is 3.43. The molecule has 0 fully saturated rings. The number of rotatable bonds is 9. The molecule has 166 valence electrons. The second-order valence-electron chi connectivity index (χ2n) is 7.14. The third kappa shape index (κ3) is 4.17. The number of allylic oxidation sites excluding steroid dienone is 1. The zero-order chi connectivity index (χ0) is 22.7. The molecule has 4 rings (SSSR count). The summed E-state index contributed by atoms with van der Waals surface area (Å²) >= 11 is 2.66. The number of nitrogens with zero attached hydrogens (tertiary/aromatic N) is 6. The van der Waals surface area contributed by atoms with E-state index in [0.717, 1.165) is 17.8 Å². The van der Waals surface area contributed by atoms with Crippen LogP contribution in [0.5, 0.6) is 0 Å². The molecule has 0 unspecified atom stereocenters. The van der Waals surface area contributed by atoms with Gasteiger partial charge in [0, 0.05) is 12.5 Å². The van der Waals surface area contributed by atoms with E-state index in [4.69, 9.17) is 0 Å². The number of nitrogens with one attached hydrogen (secondary N) is 1. The summed E-state index contributed by atoms with van der Waals surface area (Å²) in [6.07, 6.45) is 3.61. The number of fused-ring (bicyclic) bond motifs is 3. The molecule has 0 saturated heterocycles. The molecule has 0 spiro atoms. The molecule has 0 aliphatic rings. The van der Waals surface area contributed by atoms with Gasteiger partial charge in [-0.25, -0.2) is 0 Å². The van der Waals surface area contributed by atoms with E-state index >= 15 is 0 Å². The van der Waals surface area contributed by atoms with Crippen LogP contribution in [0, 0.1) is 0 Å². The minimum atomic E-state index is -0.206. The number of aromatic nitrogens is 6. The van der Waals surface area contributed by atoms with Crippen LogP contribution in [0.3, 0.4) is 0 Å². The van der Waals surface area contributed by atoms with Gasteiger partial charge < -0.3 is 0 Å². The van der Waals surface area contributed by atoms with Gasteiger partial charge in [-0.15, -0.1) is 27.0 Å². The van der Waals surface area contributed by atoms with Gasteiger partial charge >= 0.3 is 0 Å². The van der Waals surface area contributed by atoms with E-state index in [1.807, 2.05) is 18.2 Å². The van der Waals surface area contributed by atoms with Gasteiger partial charge in [0.15, 0.2) is 5.16 Å². The van der Waals surface area contributed by atoms with Crippen LogP contribution in [0.15, 0.2) is 46.9 Å². The zero-order valence-corrected chi connectivity index (χ0v) is 19.4. The Morgan fingerprint density at radius 1 is 1.22 bits per heavy atom.